The van der Waals surface area contributed by atoms with Crippen LogP contribution in [0.5, 0.6) is 0 Å². The van der Waals surface area contributed by atoms with E-state index in [1.807, 2.05) is 0 Å². The number of thioether (sulfide) groups is 1. The zero-order chi connectivity index (χ0) is 21.7. The minimum absolute atomic E-state index is 0.0179. The number of nitrogens with one attached hydrogen (secondary N) is 2. The molecule has 0 saturated carbocycles. The van der Waals surface area contributed by atoms with Crippen molar-refractivity contribution in [2.24, 2.45) is 0 Å². The molecular weight excluding hydrogens is 417 g/mol. The van der Waals surface area contributed by atoms with Crippen LogP contribution in [0.1, 0.15) is 12.7 Å². The normalized spacial score (nSPS) is 11.7. The van der Waals surface area contributed by atoms with Crippen molar-refractivity contribution in [3.63, 3.8) is 0 Å². The third-order valence-corrected chi connectivity index (χ3v) is 4.96. The molecule has 0 aliphatic carbocycles. The minimum atomic E-state index is -0.859. The van der Waals surface area contributed by atoms with Gasteiger partial charge in [0.15, 0.2) is 0 Å². The van der Waals surface area contributed by atoms with Gasteiger partial charge in [-0.05, 0) is 43.3 Å². The molecule has 0 bridgehead atoms. The number of nitrogens with zero attached hydrogens (tertiary/aromatic N) is 3. The molecule has 2 aromatic carbocycles. The lowest BCUT2D eigenvalue weighted by molar-refractivity contribution is -0.115. The van der Waals surface area contributed by atoms with E-state index in [2.05, 4.69) is 25.6 Å². The fourth-order valence-corrected chi connectivity index (χ4v) is 3.06. The second-order valence-corrected chi connectivity index (χ2v) is 7.46. The number of anilines is 4. The number of carbonyl (C=O) groups excluding carboxylic acids is 1. The Labute approximate surface area is 174 Å². The summed E-state index contributed by atoms with van der Waals surface area (Å²) in [5.41, 5.74) is 6.17. The molecule has 3 rings (SSSR count). The molecule has 0 radical (unpaired) electrons. The van der Waals surface area contributed by atoms with Gasteiger partial charge in [-0.2, -0.15) is 15.0 Å². The molecule has 11 heteroatoms. The average Bonchev–Trinajstić information content (AvgIpc) is 2.69. The van der Waals surface area contributed by atoms with Gasteiger partial charge in [0.05, 0.1) is 16.7 Å². The van der Waals surface area contributed by atoms with Gasteiger partial charge in [0.1, 0.15) is 23.3 Å². The van der Waals surface area contributed by atoms with Crippen LogP contribution in [0.2, 0.25) is 0 Å². The number of carbonyl (C=O) groups is 1. The molecule has 3 aromatic rings. The molecule has 0 fully saturated rings. The van der Waals surface area contributed by atoms with Crippen molar-refractivity contribution in [2.75, 3.05) is 16.4 Å². The molecule has 0 aliphatic heterocycles. The SMILES string of the molecule is CC(SCc1nc(N)nc(Nc2ccc(F)cc2)n1)C(=O)Nc1ccc(F)cc1F. The quantitative estimate of drug-likeness (QED) is 0.518. The number of amides is 1. The van der Waals surface area contributed by atoms with Crippen molar-refractivity contribution in [3.8, 4) is 0 Å². The molecule has 0 saturated heterocycles. The first-order valence-corrected chi connectivity index (χ1v) is 9.75. The molecule has 7 nitrogen and oxygen atoms in total. The van der Waals surface area contributed by atoms with Gasteiger partial charge in [0.25, 0.3) is 0 Å². The molecule has 1 unspecified atom stereocenters. The van der Waals surface area contributed by atoms with Crippen LogP contribution in [0.4, 0.5) is 36.4 Å². The third kappa shape index (κ3) is 5.83. The van der Waals surface area contributed by atoms with E-state index in [-0.39, 0.29) is 29.2 Å². The van der Waals surface area contributed by atoms with Gasteiger partial charge in [-0.3, -0.25) is 4.79 Å². The maximum absolute atomic E-state index is 13.7. The topological polar surface area (TPSA) is 106 Å². The predicted molar refractivity (Wildman–Crippen MR) is 110 cm³/mol. The van der Waals surface area contributed by atoms with Crippen molar-refractivity contribution < 1.29 is 18.0 Å². The number of hydrogen-bond acceptors (Lipinski definition) is 7. The summed E-state index contributed by atoms with van der Waals surface area (Å²) in [7, 11) is 0. The van der Waals surface area contributed by atoms with Gasteiger partial charge >= 0.3 is 0 Å². The largest absolute Gasteiger partial charge is 0.368 e. The van der Waals surface area contributed by atoms with Crippen LogP contribution >= 0.6 is 11.8 Å². The van der Waals surface area contributed by atoms with Gasteiger partial charge < -0.3 is 16.4 Å². The summed E-state index contributed by atoms with van der Waals surface area (Å²) in [5, 5.41) is 4.73. The minimum Gasteiger partial charge on any atom is -0.368 e. The third-order valence-electron chi connectivity index (χ3n) is 3.82. The van der Waals surface area contributed by atoms with Crippen molar-refractivity contribution in [2.45, 2.75) is 17.9 Å². The second kappa shape index (κ2) is 9.44. The van der Waals surface area contributed by atoms with E-state index in [1.54, 1.807) is 6.92 Å². The van der Waals surface area contributed by atoms with Crippen molar-refractivity contribution in [1.82, 2.24) is 15.0 Å². The number of rotatable bonds is 7. The Balaban J connectivity index is 1.61. The van der Waals surface area contributed by atoms with Crippen LogP contribution in [0, 0.1) is 17.5 Å². The Hall–Kier alpha value is -3.34. The second-order valence-electron chi connectivity index (χ2n) is 6.13. The summed E-state index contributed by atoms with van der Waals surface area (Å²) in [6.45, 7) is 1.63. The van der Waals surface area contributed by atoms with Crippen LogP contribution in [-0.4, -0.2) is 26.1 Å². The standard InChI is InChI=1S/C19H17F3N6OS/c1-10(17(29)25-15-7-4-12(21)8-14(15)22)30-9-16-26-18(23)28-19(27-16)24-13-5-2-11(20)3-6-13/h2-8,10H,9H2,1H3,(H,25,29)(H3,23,24,26,27,28). The summed E-state index contributed by atoms with van der Waals surface area (Å²) < 4.78 is 39.7. The van der Waals surface area contributed by atoms with Gasteiger partial charge in [-0.15, -0.1) is 11.8 Å². The Morgan fingerprint density at radius 1 is 1.07 bits per heavy atom. The van der Waals surface area contributed by atoms with Gasteiger partial charge in [0.2, 0.25) is 17.8 Å². The zero-order valence-corrected chi connectivity index (χ0v) is 16.5. The van der Waals surface area contributed by atoms with Crippen molar-refractivity contribution in [3.05, 3.63) is 65.7 Å². The molecule has 1 heterocycles. The molecule has 1 amide bonds. The molecule has 4 N–H and O–H groups in total. The zero-order valence-electron chi connectivity index (χ0n) is 15.7. The maximum Gasteiger partial charge on any atom is 0.237 e. The van der Waals surface area contributed by atoms with Crippen LogP contribution in [0.15, 0.2) is 42.5 Å². The molecule has 156 valence electrons. The summed E-state index contributed by atoms with van der Waals surface area (Å²) in [4.78, 5) is 24.5. The van der Waals surface area contributed by atoms with Crippen molar-refractivity contribution in [1.29, 1.82) is 0 Å². The molecule has 1 aromatic heterocycles. The van der Waals surface area contributed by atoms with Crippen LogP contribution < -0.4 is 16.4 Å². The van der Waals surface area contributed by atoms with E-state index >= 15 is 0 Å². The molecule has 0 aliphatic rings. The van der Waals surface area contributed by atoms with E-state index in [0.29, 0.717) is 17.6 Å². The monoisotopic (exact) mass is 434 g/mol. The number of aromatic nitrogens is 3. The molecule has 0 spiro atoms. The highest BCUT2D eigenvalue weighted by molar-refractivity contribution is 7.99. The smallest absolute Gasteiger partial charge is 0.237 e. The van der Waals surface area contributed by atoms with Crippen molar-refractivity contribution >= 4 is 40.9 Å². The summed E-state index contributed by atoms with van der Waals surface area (Å²) in [6, 6.07) is 8.51. The van der Waals surface area contributed by atoms with Gasteiger partial charge in [-0.25, -0.2) is 13.2 Å². The first-order valence-electron chi connectivity index (χ1n) is 8.70. The number of halogens is 3. The lowest BCUT2D eigenvalue weighted by Gasteiger charge is -2.13. The van der Waals surface area contributed by atoms with Gasteiger partial charge in [-0.1, -0.05) is 0 Å². The van der Waals surface area contributed by atoms with E-state index in [1.165, 1.54) is 36.0 Å². The van der Waals surface area contributed by atoms with Crippen LogP contribution in [-0.2, 0) is 10.5 Å². The highest BCUT2D eigenvalue weighted by Gasteiger charge is 2.17. The number of hydrogen-bond donors (Lipinski definition) is 3. The van der Waals surface area contributed by atoms with E-state index in [0.717, 1.165) is 12.1 Å². The van der Waals surface area contributed by atoms with Gasteiger partial charge in [0, 0.05) is 11.8 Å². The lowest BCUT2D eigenvalue weighted by Crippen LogP contribution is -2.23. The van der Waals surface area contributed by atoms with E-state index in [9.17, 15) is 18.0 Å². The Bertz CT molecular complexity index is 1050. The van der Waals surface area contributed by atoms with Crippen LogP contribution in [0.25, 0.3) is 0 Å². The molecule has 30 heavy (non-hydrogen) atoms. The summed E-state index contributed by atoms with van der Waals surface area (Å²) >= 11 is 1.20. The highest BCUT2D eigenvalue weighted by atomic mass is 32.2. The number of nitrogen functional groups attached to an aromatic ring is 1. The summed E-state index contributed by atoms with van der Waals surface area (Å²) in [6.07, 6.45) is 0. The maximum atomic E-state index is 13.7. The number of nitrogens with two attached hydrogens (primary N) is 1. The lowest BCUT2D eigenvalue weighted by atomic mass is 10.3. The Morgan fingerprint density at radius 3 is 2.47 bits per heavy atom. The fraction of sp³-hybridized carbons (Fsp3) is 0.158. The first-order chi connectivity index (χ1) is 14.3. The Morgan fingerprint density at radius 2 is 1.77 bits per heavy atom. The summed E-state index contributed by atoms with van der Waals surface area (Å²) in [5.74, 6) is -1.72. The average molecular weight is 434 g/mol. The molecular formula is C19H17F3N6OS. The molecule has 1 atom stereocenters. The number of benzene rings is 2. The Kier molecular flexibility index (Phi) is 6.72. The van der Waals surface area contributed by atoms with Crippen LogP contribution in [0.3, 0.4) is 0 Å². The van der Waals surface area contributed by atoms with E-state index < -0.39 is 22.8 Å². The first kappa shape index (κ1) is 21.4. The van der Waals surface area contributed by atoms with E-state index in [4.69, 9.17) is 5.73 Å². The highest BCUT2D eigenvalue weighted by Crippen LogP contribution is 2.21. The fourth-order valence-electron chi connectivity index (χ4n) is 2.32. The predicted octanol–water partition coefficient (Wildman–Crippen LogP) is 3.88.